The molecule has 0 aromatic heterocycles. The van der Waals surface area contributed by atoms with E-state index in [0.717, 1.165) is 18.2 Å². The van der Waals surface area contributed by atoms with Crippen LogP contribution in [0.5, 0.6) is 5.75 Å². The summed E-state index contributed by atoms with van der Waals surface area (Å²) in [6.45, 7) is 0. The number of ether oxygens (including phenoxy) is 1. The van der Waals surface area contributed by atoms with Crippen molar-refractivity contribution in [2.24, 2.45) is 0 Å². The van der Waals surface area contributed by atoms with Gasteiger partial charge in [-0.05, 0) is 25.0 Å². The first kappa shape index (κ1) is 13.2. The largest absolute Gasteiger partial charge is 0.493 e. The van der Waals surface area contributed by atoms with E-state index >= 15 is 0 Å². The summed E-state index contributed by atoms with van der Waals surface area (Å²) < 4.78 is 18.2. The molecule has 0 atom stereocenters. The molecule has 0 fully saturated rings. The lowest BCUT2D eigenvalue weighted by atomic mass is 10.0. The lowest BCUT2D eigenvalue weighted by Gasteiger charge is -2.07. The molecule has 0 spiro atoms. The van der Waals surface area contributed by atoms with Gasteiger partial charge in [-0.2, -0.15) is 0 Å². The number of carbonyl (C=O) groups is 1. The van der Waals surface area contributed by atoms with Gasteiger partial charge in [-0.15, -0.1) is 0 Å². The fourth-order valence-corrected chi connectivity index (χ4v) is 1.85. The Hall–Kier alpha value is -0.900. The van der Waals surface area contributed by atoms with Crippen LogP contribution in [-0.2, 0) is 0 Å². The summed E-state index contributed by atoms with van der Waals surface area (Å²) in [5, 5.41) is 0.876. The number of para-hydroxylation sites is 1. The predicted octanol–water partition coefficient (Wildman–Crippen LogP) is 3.58. The van der Waals surface area contributed by atoms with Gasteiger partial charge in [-0.25, -0.2) is 4.39 Å². The molecule has 0 aliphatic heterocycles. The number of benzene rings is 1. The molecule has 4 heteroatoms. The molecule has 0 bridgehead atoms. The third-order valence-electron chi connectivity index (χ3n) is 2.26. The second-order valence-electron chi connectivity index (χ2n) is 3.39. The van der Waals surface area contributed by atoms with Crippen LogP contribution < -0.4 is 4.74 Å². The highest BCUT2D eigenvalue weighted by atomic mass is 79.9. The van der Waals surface area contributed by atoms with Crippen LogP contribution in [0.25, 0.3) is 0 Å². The summed E-state index contributed by atoms with van der Waals surface area (Å²) in [6.07, 6.45) is 2.15. The SMILES string of the molecule is COc1c(F)cccc1C(=O)CCCCBr. The molecular weight excluding hydrogens is 275 g/mol. The van der Waals surface area contributed by atoms with Gasteiger partial charge >= 0.3 is 0 Å². The Morgan fingerprint density at radius 3 is 2.81 bits per heavy atom. The maximum Gasteiger partial charge on any atom is 0.166 e. The smallest absolute Gasteiger partial charge is 0.166 e. The number of hydrogen-bond acceptors (Lipinski definition) is 2. The zero-order valence-corrected chi connectivity index (χ0v) is 10.7. The normalized spacial score (nSPS) is 10.2. The number of ketones is 1. The standard InChI is InChI=1S/C12H14BrFO2/c1-16-12-9(5-4-6-10(12)14)11(15)7-2-3-8-13/h4-6H,2-3,7-8H2,1H3. The van der Waals surface area contributed by atoms with E-state index in [9.17, 15) is 9.18 Å². The molecule has 0 radical (unpaired) electrons. The van der Waals surface area contributed by atoms with Gasteiger partial charge in [0.1, 0.15) is 0 Å². The number of alkyl halides is 1. The van der Waals surface area contributed by atoms with E-state index in [-0.39, 0.29) is 11.5 Å². The lowest BCUT2D eigenvalue weighted by Crippen LogP contribution is -2.03. The van der Waals surface area contributed by atoms with Crippen molar-refractivity contribution in [3.8, 4) is 5.75 Å². The Bertz CT molecular complexity index is 366. The maximum absolute atomic E-state index is 13.3. The summed E-state index contributed by atoms with van der Waals surface area (Å²) in [5.74, 6) is -0.516. The van der Waals surface area contributed by atoms with Crippen LogP contribution in [0, 0.1) is 5.82 Å². The Balaban J connectivity index is 2.78. The van der Waals surface area contributed by atoms with Gasteiger partial charge in [0.15, 0.2) is 17.3 Å². The number of halogens is 2. The average Bonchev–Trinajstić information content (AvgIpc) is 2.29. The first-order valence-electron chi connectivity index (χ1n) is 5.12. The third kappa shape index (κ3) is 3.30. The molecule has 0 saturated heterocycles. The first-order chi connectivity index (χ1) is 7.70. The molecule has 0 unspecified atom stereocenters. The van der Waals surface area contributed by atoms with Crippen LogP contribution in [0.3, 0.4) is 0 Å². The van der Waals surface area contributed by atoms with Crippen molar-refractivity contribution in [3.05, 3.63) is 29.6 Å². The lowest BCUT2D eigenvalue weighted by molar-refractivity contribution is 0.0976. The summed E-state index contributed by atoms with van der Waals surface area (Å²) in [5.41, 5.74) is 0.331. The van der Waals surface area contributed by atoms with E-state index in [1.165, 1.54) is 19.2 Å². The van der Waals surface area contributed by atoms with Crippen molar-refractivity contribution in [1.82, 2.24) is 0 Å². The third-order valence-corrected chi connectivity index (χ3v) is 2.82. The van der Waals surface area contributed by atoms with Crippen molar-refractivity contribution < 1.29 is 13.9 Å². The van der Waals surface area contributed by atoms with E-state index in [1.54, 1.807) is 6.07 Å². The predicted molar refractivity (Wildman–Crippen MR) is 64.9 cm³/mol. The number of Topliss-reactive ketones (excluding diaryl/α,β-unsaturated/α-hetero) is 1. The van der Waals surface area contributed by atoms with Crippen molar-refractivity contribution in [2.45, 2.75) is 19.3 Å². The van der Waals surface area contributed by atoms with Crippen molar-refractivity contribution in [2.75, 3.05) is 12.4 Å². The van der Waals surface area contributed by atoms with Gasteiger partial charge in [0.25, 0.3) is 0 Å². The summed E-state index contributed by atoms with van der Waals surface area (Å²) >= 11 is 3.30. The molecule has 1 rings (SSSR count). The van der Waals surface area contributed by atoms with Gasteiger partial charge in [0.2, 0.25) is 0 Å². The molecule has 2 nitrogen and oxygen atoms in total. The quantitative estimate of drug-likeness (QED) is 0.454. The number of unbranched alkanes of at least 4 members (excludes halogenated alkanes) is 1. The maximum atomic E-state index is 13.3. The number of hydrogen-bond donors (Lipinski definition) is 0. The van der Waals surface area contributed by atoms with Gasteiger partial charge in [-0.1, -0.05) is 22.0 Å². The van der Waals surface area contributed by atoms with Crippen LogP contribution in [-0.4, -0.2) is 18.2 Å². The zero-order valence-electron chi connectivity index (χ0n) is 9.13. The Morgan fingerprint density at radius 1 is 1.44 bits per heavy atom. The van der Waals surface area contributed by atoms with Gasteiger partial charge in [0, 0.05) is 11.8 Å². The van der Waals surface area contributed by atoms with E-state index in [2.05, 4.69) is 15.9 Å². The van der Waals surface area contributed by atoms with Crippen LogP contribution >= 0.6 is 15.9 Å². The molecule has 0 aliphatic carbocycles. The average molecular weight is 289 g/mol. The highest BCUT2D eigenvalue weighted by Crippen LogP contribution is 2.24. The second-order valence-corrected chi connectivity index (χ2v) is 4.18. The number of methoxy groups -OCH3 is 1. The topological polar surface area (TPSA) is 26.3 Å². The molecule has 0 N–H and O–H groups in total. The van der Waals surface area contributed by atoms with Crippen LogP contribution in [0.15, 0.2) is 18.2 Å². The van der Waals surface area contributed by atoms with Crippen LogP contribution in [0.2, 0.25) is 0 Å². The Kier molecular flexibility index (Phi) is 5.46. The molecular formula is C12H14BrFO2. The zero-order chi connectivity index (χ0) is 12.0. The van der Waals surface area contributed by atoms with E-state index in [4.69, 9.17) is 4.74 Å². The molecule has 0 amide bonds. The molecule has 16 heavy (non-hydrogen) atoms. The van der Waals surface area contributed by atoms with Crippen molar-refractivity contribution in [3.63, 3.8) is 0 Å². The second kappa shape index (κ2) is 6.63. The monoisotopic (exact) mass is 288 g/mol. The van der Waals surface area contributed by atoms with Crippen molar-refractivity contribution >= 4 is 21.7 Å². The van der Waals surface area contributed by atoms with Crippen LogP contribution in [0.4, 0.5) is 4.39 Å². The van der Waals surface area contributed by atoms with Crippen molar-refractivity contribution in [1.29, 1.82) is 0 Å². The Labute approximate surface area is 103 Å². The summed E-state index contributed by atoms with van der Waals surface area (Å²) in [6, 6.07) is 4.40. The number of carbonyl (C=O) groups excluding carboxylic acids is 1. The molecule has 1 aromatic carbocycles. The van der Waals surface area contributed by atoms with E-state index < -0.39 is 5.82 Å². The van der Waals surface area contributed by atoms with Crippen LogP contribution in [0.1, 0.15) is 29.6 Å². The molecule has 1 aromatic rings. The molecule has 0 aliphatic rings. The minimum atomic E-state index is -0.492. The highest BCUT2D eigenvalue weighted by molar-refractivity contribution is 9.09. The minimum absolute atomic E-state index is 0.0475. The van der Waals surface area contributed by atoms with E-state index in [1.807, 2.05) is 0 Å². The molecule has 0 heterocycles. The highest BCUT2D eigenvalue weighted by Gasteiger charge is 2.14. The van der Waals surface area contributed by atoms with Gasteiger partial charge in [0.05, 0.1) is 12.7 Å². The summed E-state index contributed by atoms with van der Waals surface area (Å²) in [4.78, 5) is 11.8. The number of rotatable bonds is 6. The van der Waals surface area contributed by atoms with Gasteiger partial charge in [-0.3, -0.25) is 4.79 Å². The van der Waals surface area contributed by atoms with E-state index in [0.29, 0.717) is 12.0 Å². The first-order valence-corrected chi connectivity index (χ1v) is 6.24. The molecule has 0 saturated carbocycles. The van der Waals surface area contributed by atoms with Gasteiger partial charge < -0.3 is 4.74 Å². The Morgan fingerprint density at radius 2 is 2.19 bits per heavy atom. The fourth-order valence-electron chi connectivity index (χ4n) is 1.45. The minimum Gasteiger partial charge on any atom is -0.493 e. The fraction of sp³-hybridized carbons (Fsp3) is 0.417. The molecule has 88 valence electrons. The summed E-state index contributed by atoms with van der Waals surface area (Å²) in [7, 11) is 1.37.